The molecule has 0 radical (unpaired) electrons. The maximum absolute atomic E-state index is 4.32. The summed E-state index contributed by atoms with van der Waals surface area (Å²) >= 11 is 0. The van der Waals surface area contributed by atoms with Crippen LogP contribution in [0, 0.1) is 0 Å². The molecule has 0 spiro atoms. The first-order valence-corrected chi connectivity index (χ1v) is 5.85. The molecule has 0 unspecified atom stereocenters. The molecule has 0 aliphatic heterocycles. The molecule has 0 aliphatic rings. The van der Waals surface area contributed by atoms with Gasteiger partial charge in [-0.25, -0.2) is 0 Å². The molecule has 0 N–H and O–H groups in total. The van der Waals surface area contributed by atoms with Gasteiger partial charge in [-0.1, -0.05) is 48.5 Å². The lowest BCUT2D eigenvalue weighted by molar-refractivity contribution is 1.21. The Hall–Kier alpha value is -2.48. The van der Waals surface area contributed by atoms with Crippen LogP contribution < -0.4 is 0 Å². The Kier molecular flexibility index (Phi) is 2.84. The molecule has 0 amide bonds. The fourth-order valence-electron chi connectivity index (χ4n) is 1.94. The fraction of sp³-hybridized carbons (Fsp3) is 0. The number of rotatable bonds is 2. The minimum atomic E-state index is 0.898. The van der Waals surface area contributed by atoms with E-state index in [9.17, 15) is 0 Å². The Morgan fingerprint density at radius 3 is 2.22 bits per heavy atom. The predicted octanol–water partition coefficient (Wildman–Crippen LogP) is 3.81. The molecule has 0 atom stereocenters. The molecule has 0 saturated carbocycles. The van der Waals surface area contributed by atoms with Crippen LogP contribution in [0.25, 0.3) is 22.4 Å². The van der Waals surface area contributed by atoms with Gasteiger partial charge in [0.2, 0.25) is 0 Å². The summed E-state index contributed by atoms with van der Waals surface area (Å²) < 4.78 is 0. The maximum atomic E-state index is 4.32. The van der Waals surface area contributed by atoms with Crippen molar-refractivity contribution in [2.75, 3.05) is 0 Å². The number of aromatic nitrogens is 2. The average Bonchev–Trinajstić information content (AvgIpc) is 2.49. The molecule has 2 aromatic carbocycles. The van der Waals surface area contributed by atoms with Crippen molar-refractivity contribution in [1.82, 2.24) is 9.97 Å². The monoisotopic (exact) mass is 232 g/mol. The van der Waals surface area contributed by atoms with Crippen LogP contribution in [0.15, 0.2) is 73.2 Å². The van der Waals surface area contributed by atoms with Crippen molar-refractivity contribution in [2.45, 2.75) is 0 Å². The minimum Gasteiger partial charge on any atom is -0.261 e. The molecule has 0 saturated heterocycles. The Morgan fingerprint density at radius 2 is 1.44 bits per heavy atom. The summed E-state index contributed by atoms with van der Waals surface area (Å²) in [4.78, 5) is 8.42. The first-order chi connectivity index (χ1) is 8.93. The topological polar surface area (TPSA) is 25.8 Å². The lowest BCUT2D eigenvalue weighted by atomic mass is 10.0. The molecular formula is C16H12N2. The summed E-state index contributed by atoms with van der Waals surface area (Å²) in [6, 6.07) is 18.7. The molecule has 1 aromatic heterocycles. The number of nitrogens with zero attached hydrogens (tertiary/aromatic N) is 2. The molecule has 1 heterocycles. The highest BCUT2D eigenvalue weighted by atomic mass is 14.8. The SMILES string of the molecule is c1ccc(-c2cccc(-c3cnccn3)c2)cc1. The van der Waals surface area contributed by atoms with E-state index >= 15 is 0 Å². The van der Waals surface area contributed by atoms with Gasteiger partial charge in [-0.2, -0.15) is 0 Å². The van der Waals surface area contributed by atoms with Crippen molar-refractivity contribution < 1.29 is 0 Å². The lowest BCUT2D eigenvalue weighted by Gasteiger charge is -2.04. The quantitative estimate of drug-likeness (QED) is 0.671. The average molecular weight is 232 g/mol. The second kappa shape index (κ2) is 4.80. The largest absolute Gasteiger partial charge is 0.261 e. The zero-order valence-corrected chi connectivity index (χ0v) is 9.82. The fourth-order valence-corrected chi connectivity index (χ4v) is 1.94. The van der Waals surface area contributed by atoms with Gasteiger partial charge in [0.05, 0.1) is 11.9 Å². The molecular weight excluding hydrogens is 220 g/mol. The van der Waals surface area contributed by atoms with Crippen LogP contribution in [0.2, 0.25) is 0 Å². The van der Waals surface area contributed by atoms with Crippen LogP contribution in [-0.4, -0.2) is 9.97 Å². The van der Waals surface area contributed by atoms with Gasteiger partial charge in [-0.3, -0.25) is 9.97 Å². The number of hydrogen-bond donors (Lipinski definition) is 0. The van der Waals surface area contributed by atoms with Gasteiger partial charge in [-0.15, -0.1) is 0 Å². The van der Waals surface area contributed by atoms with Crippen LogP contribution >= 0.6 is 0 Å². The van der Waals surface area contributed by atoms with E-state index in [0.717, 1.165) is 11.3 Å². The van der Waals surface area contributed by atoms with Crippen LogP contribution in [0.1, 0.15) is 0 Å². The highest BCUT2D eigenvalue weighted by Crippen LogP contribution is 2.24. The molecule has 0 fully saturated rings. The van der Waals surface area contributed by atoms with E-state index in [-0.39, 0.29) is 0 Å². The highest BCUT2D eigenvalue weighted by molar-refractivity contribution is 5.70. The third-order valence-electron chi connectivity index (χ3n) is 2.83. The van der Waals surface area contributed by atoms with E-state index in [1.807, 2.05) is 24.3 Å². The van der Waals surface area contributed by atoms with Crippen LogP contribution in [0.4, 0.5) is 0 Å². The van der Waals surface area contributed by atoms with Gasteiger partial charge in [0.25, 0.3) is 0 Å². The Morgan fingerprint density at radius 1 is 0.667 bits per heavy atom. The van der Waals surface area contributed by atoms with E-state index in [4.69, 9.17) is 0 Å². The van der Waals surface area contributed by atoms with Crippen molar-refractivity contribution in [3.05, 3.63) is 73.2 Å². The Labute approximate surface area is 106 Å². The summed E-state index contributed by atoms with van der Waals surface area (Å²) in [7, 11) is 0. The summed E-state index contributed by atoms with van der Waals surface area (Å²) in [6.45, 7) is 0. The Balaban J connectivity index is 2.05. The Bertz CT molecular complexity index is 579. The maximum Gasteiger partial charge on any atom is 0.0885 e. The van der Waals surface area contributed by atoms with Crippen molar-refractivity contribution in [2.24, 2.45) is 0 Å². The second-order valence-corrected chi connectivity index (χ2v) is 4.04. The summed E-state index contributed by atoms with van der Waals surface area (Å²) in [5.74, 6) is 0. The first kappa shape index (κ1) is 10.7. The van der Waals surface area contributed by atoms with Gasteiger partial charge in [0, 0.05) is 18.0 Å². The van der Waals surface area contributed by atoms with Crippen LogP contribution in [0.5, 0.6) is 0 Å². The van der Waals surface area contributed by atoms with E-state index in [0.29, 0.717) is 0 Å². The molecule has 3 rings (SSSR count). The van der Waals surface area contributed by atoms with Crippen molar-refractivity contribution >= 4 is 0 Å². The molecule has 86 valence electrons. The third-order valence-corrected chi connectivity index (χ3v) is 2.83. The number of benzene rings is 2. The summed E-state index contributed by atoms with van der Waals surface area (Å²) in [6.07, 6.45) is 5.18. The van der Waals surface area contributed by atoms with E-state index in [2.05, 4.69) is 40.3 Å². The van der Waals surface area contributed by atoms with Crippen molar-refractivity contribution in [3.63, 3.8) is 0 Å². The zero-order valence-electron chi connectivity index (χ0n) is 9.82. The molecule has 2 heteroatoms. The minimum absolute atomic E-state index is 0.898. The van der Waals surface area contributed by atoms with Gasteiger partial charge < -0.3 is 0 Å². The number of hydrogen-bond acceptors (Lipinski definition) is 2. The summed E-state index contributed by atoms with van der Waals surface area (Å²) in [5.41, 5.74) is 4.39. The van der Waals surface area contributed by atoms with E-state index < -0.39 is 0 Å². The van der Waals surface area contributed by atoms with Crippen molar-refractivity contribution in [1.29, 1.82) is 0 Å². The molecule has 18 heavy (non-hydrogen) atoms. The normalized spacial score (nSPS) is 10.2. The standard InChI is InChI=1S/C16H12N2/c1-2-5-13(6-3-1)14-7-4-8-15(11-14)16-12-17-9-10-18-16/h1-12H. The lowest BCUT2D eigenvalue weighted by Crippen LogP contribution is -1.85. The van der Waals surface area contributed by atoms with Gasteiger partial charge >= 0.3 is 0 Å². The summed E-state index contributed by atoms with van der Waals surface area (Å²) in [5, 5.41) is 0. The zero-order chi connectivity index (χ0) is 12.2. The van der Waals surface area contributed by atoms with Gasteiger partial charge in [0.1, 0.15) is 0 Å². The molecule has 0 bridgehead atoms. The van der Waals surface area contributed by atoms with Gasteiger partial charge in [-0.05, 0) is 17.2 Å². The van der Waals surface area contributed by atoms with Gasteiger partial charge in [0.15, 0.2) is 0 Å². The van der Waals surface area contributed by atoms with E-state index in [1.54, 1.807) is 18.6 Å². The molecule has 3 aromatic rings. The molecule has 2 nitrogen and oxygen atoms in total. The molecule has 0 aliphatic carbocycles. The smallest absolute Gasteiger partial charge is 0.0885 e. The third kappa shape index (κ3) is 2.13. The van der Waals surface area contributed by atoms with Crippen molar-refractivity contribution in [3.8, 4) is 22.4 Å². The highest BCUT2D eigenvalue weighted by Gasteiger charge is 2.01. The predicted molar refractivity (Wildman–Crippen MR) is 72.9 cm³/mol. The van der Waals surface area contributed by atoms with Crippen LogP contribution in [-0.2, 0) is 0 Å². The van der Waals surface area contributed by atoms with E-state index in [1.165, 1.54) is 11.1 Å². The van der Waals surface area contributed by atoms with Crippen LogP contribution in [0.3, 0.4) is 0 Å². The second-order valence-electron chi connectivity index (χ2n) is 4.04. The first-order valence-electron chi connectivity index (χ1n) is 5.85.